The van der Waals surface area contributed by atoms with Gasteiger partial charge >= 0.3 is 5.97 Å². The fourth-order valence-electron chi connectivity index (χ4n) is 1.47. The number of alkyl halides is 3. The number of nitrogens with zero attached hydrogens (tertiary/aromatic N) is 1. The molecule has 0 saturated heterocycles. The minimum absolute atomic E-state index is 0.0353. The number of rotatable bonds is 5. The van der Waals surface area contributed by atoms with Gasteiger partial charge in [-0.25, -0.2) is 8.78 Å². The van der Waals surface area contributed by atoms with Gasteiger partial charge in [0.25, 0.3) is 6.43 Å². The van der Waals surface area contributed by atoms with E-state index < -0.39 is 18.1 Å². The zero-order valence-electron chi connectivity index (χ0n) is 9.75. The topological polar surface area (TPSA) is 65.2 Å². The van der Waals surface area contributed by atoms with Crippen LogP contribution in [0.15, 0.2) is 6.07 Å². The van der Waals surface area contributed by atoms with Crippen LogP contribution >= 0.6 is 15.9 Å². The number of halogens is 3. The second-order valence-corrected chi connectivity index (χ2v) is 4.04. The SMILES string of the molecule is CCOC(=O)Cc1c(N)cc(CBr)nc1C(F)F. The van der Waals surface area contributed by atoms with Crippen LogP contribution in [0.25, 0.3) is 0 Å². The lowest BCUT2D eigenvalue weighted by atomic mass is 10.1. The molecule has 0 aromatic carbocycles. The lowest BCUT2D eigenvalue weighted by molar-refractivity contribution is -0.142. The largest absolute Gasteiger partial charge is 0.466 e. The highest BCUT2D eigenvalue weighted by atomic mass is 79.9. The number of hydrogen-bond acceptors (Lipinski definition) is 4. The number of nitrogens with two attached hydrogens (primary N) is 1. The standard InChI is InChI=1S/C11H13BrF2N2O2/c1-2-18-9(17)4-7-8(15)3-6(5-12)16-10(7)11(13)14/h3,11H,2,4-5H2,1H3,(H2,15,16). The zero-order chi connectivity index (χ0) is 13.7. The van der Waals surface area contributed by atoms with Crippen LogP contribution in [0.1, 0.15) is 30.3 Å². The molecular weight excluding hydrogens is 310 g/mol. The first kappa shape index (κ1) is 14.8. The van der Waals surface area contributed by atoms with Crippen molar-refractivity contribution in [1.29, 1.82) is 0 Å². The molecule has 100 valence electrons. The predicted octanol–water partition coefficient (Wildman–Crippen LogP) is 2.60. The van der Waals surface area contributed by atoms with Crippen LogP contribution in [0.5, 0.6) is 0 Å². The van der Waals surface area contributed by atoms with Crippen LogP contribution in [0.2, 0.25) is 0 Å². The molecule has 1 aromatic rings. The van der Waals surface area contributed by atoms with E-state index in [0.717, 1.165) is 0 Å². The van der Waals surface area contributed by atoms with Crippen LogP contribution in [0.3, 0.4) is 0 Å². The van der Waals surface area contributed by atoms with Crippen LogP contribution in [-0.2, 0) is 21.3 Å². The Morgan fingerprint density at radius 1 is 1.61 bits per heavy atom. The molecule has 0 bridgehead atoms. The summed E-state index contributed by atoms with van der Waals surface area (Å²) in [6, 6.07) is 1.47. The predicted molar refractivity (Wildman–Crippen MR) is 66.6 cm³/mol. The van der Waals surface area contributed by atoms with E-state index in [1.54, 1.807) is 6.92 Å². The van der Waals surface area contributed by atoms with Gasteiger partial charge in [-0.05, 0) is 13.0 Å². The molecule has 0 aliphatic carbocycles. The zero-order valence-corrected chi connectivity index (χ0v) is 11.3. The van der Waals surface area contributed by atoms with Crippen molar-refractivity contribution in [2.75, 3.05) is 12.3 Å². The summed E-state index contributed by atoms with van der Waals surface area (Å²) in [6.07, 6.45) is -3.08. The molecule has 0 radical (unpaired) electrons. The average Bonchev–Trinajstić information content (AvgIpc) is 2.31. The van der Waals surface area contributed by atoms with Crippen molar-refractivity contribution < 1.29 is 18.3 Å². The van der Waals surface area contributed by atoms with Crippen molar-refractivity contribution in [2.24, 2.45) is 0 Å². The van der Waals surface area contributed by atoms with Crippen LogP contribution in [0.4, 0.5) is 14.5 Å². The Bertz CT molecular complexity index is 441. The highest BCUT2D eigenvalue weighted by molar-refractivity contribution is 9.08. The first-order valence-corrected chi connectivity index (χ1v) is 6.39. The van der Waals surface area contributed by atoms with Crippen molar-refractivity contribution in [3.05, 3.63) is 23.0 Å². The summed E-state index contributed by atoms with van der Waals surface area (Å²) in [4.78, 5) is 15.1. The van der Waals surface area contributed by atoms with Gasteiger partial charge in [0.05, 0.1) is 18.7 Å². The molecule has 0 unspecified atom stereocenters. The van der Waals surface area contributed by atoms with E-state index in [4.69, 9.17) is 10.5 Å². The molecule has 18 heavy (non-hydrogen) atoms. The summed E-state index contributed by atoms with van der Waals surface area (Å²) in [5, 5.41) is 0.316. The highest BCUT2D eigenvalue weighted by Gasteiger charge is 2.21. The Kier molecular flexibility index (Phi) is 5.46. The third-order valence-electron chi connectivity index (χ3n) is 2.21. The number of aromatic nitrogens is 1. The minimum atomic E-state index is -2.78. The molecule has 0 aliphatic heterocycles. The Hall–Kier alpha value is -1.24. The fraction of sp³-hybridized carbons (Fsp3) is 0.455. The number of esters is 1. The summed E-state index contributed by atoms with van der Waals surface area (Å²) in [5.74, 6) is -0.598. The molecule has 4 nitrogen and oxygen atoms in total. The Morgan fingerprint density at radius 3 is 2.78 bits per heavy atom. The normalized spacial score (nSPS) is 10.7. The van der Waals surface area contributed by atoms with Gasteiger partial charge < -0.3 is 10.5 Å². The van der Waals surface area contributed by atoms with Crippen LogP contribution in [-0.4, -0.2) is 17.6 Å². The number of pyridine rings is 1. The number of carbonyl (C=O) groups excluding carboxylic acids is 1. The van der Waals surface area contributed by atoms with Crippen molar-refractivity contribution in [3.63, 3.8) is 0 Å². The van der Waals surface area contributed by atoms with E-state index in [2.05, 4.69) is 20.9 Å². The average molecular weight is 323 g/mol. The fourth-order valence-corrected chi connectivity index (χ4v) is 1.75. The molecule has 1 heterocycles. The number of hydrogen-bond donors (Lipinski definition) is 1. The molecule has 0 atom stereocenters. The summed E-state index contributed by atoms with van der Waals surface area (Å²) >= 11 is 3.12. The monoisotopic (exact) mass is 322 g/mol. The Labute approximate surface area is 112 Å². The smallest absolute Gasteiger partial charge is 0.310 e. The Balaban J connectivity index is 3.12. The van der Waals surface area contributed by atoms with Gasteiger partial charge in [-0.1, -0.05) is 15.9 Å². The number of ether oxygens (including phenoxy) is 1. The van der Waals surface area contributed by atoms with E-state index in [1.165, 1.54) is 6.07 Å². The maximum absolute atomic E-state index is 12.9. The van der Waals surface area contributed by atoms with Crippen molar-refractivity contribution in [2.45, 2.75) is 25.1 Å². The first-order valence-electron chi connectivity index (χ1n) is 5.27. The minimum Gasteiger partial charge on any atom is -0.466 e. The van der Waals surface area contributed by atoms with E-state index in [-0.39, 0.29) is 24.3 Å². The Morgan fingerprint density at radius 2 is 2.28 bits per heavy atom. The highest BCUT2D eigenvalue weighted by Crippen LogP contribution is 2.27. The number of carbonyl (C=O) groups is 1. The van der Waals surface area contributed by atoms with Gasteiger partial charge in [0.15, 0.2) is 0 Å². The molecule has 2 N–H and O–H groups in total. The van der Waals surface area contributed by atoms with Crippen LogP contribution in [0, 0.1) is 0 Å². The molecule has 0 saturated carbocycles. The van der Waals surface area contributed by atoms with E-state index in [1.807, 2.05) is 0 Å². The quantitative estimate of drug-likeness (QED) is 0.668. The molecule has 0 amide bonds. The van der Waals surface area contributed by atoms with E-state index in [9.17, 15) is 13.6 Å². The van der Waals surface area contributed by atoms with Crippen LogP contribution < -0.4 is 5.73 Å². The van der Waals surface area contributed by atoms with E-state index in [0.29, 0.717) is 11.0 Å². The third-order valence-corrected chi connectivity index (χ3v) is 2.79. The second-order valence-electron chi connectivity index (χ2n) is 3.48. The summed E-state index contributed by atoms with van der Waals surface area (Å²) in [7, 11) is 0. The maximum Gasteiger partial charge on any atom is 0.310 e. The van der Waals surface area contributed by atoms with Gasteiger partial charge in [-0.3, -0.25) is 9.78 Å². The molecule has 7 heteroatoms. The lowest BCUT2D eigenvalue weighted by Gasteiger charge is -2.12. The molecular formula is C11H13BrF2N2O2. The van der Waals surface area contributed by atoms with Gasteiger partial charge in [-0.15, -0.1) is 0 Å². The summed E-state index contributed by atoms with van der Waals surface area (Å²) < 4.78 is 30.5. The molecule has 1 aromatic heterocycles. The van der Waals surface area contributed by atoms with Crippen molar-refractivity contribution in [1.82, 2.24) is 4.98 Å². The maximum atomic E-state index is 12.9. The first-order chi connectivity index (χ1) is 8.49. The van der Waals surface area contributed by atoms with Crippen molar-refractivity contribution in [3.8, 4) is 0 Å². The number of nitrogen functional groups attached to an aromatic ring is 1. The second kappa shape index (κ2) is 6.63. The summed E-state index contributed by atoms with van der Waals surface area (Å²) in [6.45, 7) is 1.83. The molecule has 0 fully saturated rings. The van der Waals surface area contributed by atoms with Gasteiger partial charge in [0.1, 0.15) is 5.69 Å². The molecule has 0 aliphatic rings. The molecule has 1 rings (SSSR count). The lowest BCUT2D eigenvalue weighted by Crippen LogP contribution is -2.13. The van der Waals surface area contributed by atoms with Crippen molar-refractivity contribution >= 4 is 27.6 Å². The third kappa shape index (κ3) is 3.63. The van der Waals surface area contributed by atoms with E-state index >= 15 is 0 Å². The van der Waals surface area contributed by atoms with Gasteiger partial charge in [-0.2, -0.15) is 0 Å². The summed E-state index contributed by atoms with van der Waals surface area (Å²) in [5.41, 5.74) is 5.78. The number of anilines is 1. The molecule has 0 spiro atoms. The van der Waals surface area contributed by atoms with Gasteiger partial charge in [0, 0.05) is 16.6 Å². The van der Waals surface area contributed by atoms with Gasteiger partial charge in [0.2, 0.25) is 0 Å².